The number of hydrogen-bond acceptors (Lipinski definition) is 3. The molecular formula is C14H26N2O3. The van der Waals surface area contributed by atoms with Crippen molar-refractivity contribution in [1.29, 1.82) is 0 Å². The molecule has 3 N–H and O–H groups in total. The zero-order valence-electron chi connectivity index (χ0n) is 12.4. The van der Waals surface area contributed by atoms with E-state index in [4.69, 9.17) is 5.73 Å². The summed E-state index contributed by atoms with van der Waals surface area (Å²) in [5, 5.41) is 9.42. The van der Waals surface area contributed by atoms with Crippen molar-refractivity contribution in [1.82, 2.24) is 4.90 Å². The number of carbonyl (C=O) groups is 2. The Bertz CT molecular complexity index is 362. The van der Waals surface area contributed by atoms with Crippen molar-refractivity contribution in [3.8, 4) is 0 Å². The predicted octanol–water partition coefficient (Wildman–Crippen LogP) is 1.46. The molecule has 1 aliphatic heterocycles. The quantitative estimate of drug-likeness (QED) is 0.810. The molecule has 19 heavy (non-hydrogen) atoms. The molecule has 5 heteroatoms. The number of aliphatic carboxylic acids is 1. The molecule has 0 aromatic carbocycles. The highest BCUT2D eigenvalue weighted by Crippen LogP contribution is 2.36. The topological polar surface area (TPSA) is 83.6 Å². The van der Waals surface area contributed by atoms with E-state index >= 15 is 0 Å². The molecule has 1 unspecified atom stereocenters. The number of rotatable bonds is 4. The Balaban J connectivity index is 2.80. The molecule has 5 nitrogen and oxygen atoms in total. The van der Waals surface area contributed by atoms with Gasteiger partial charge in [-0.2, -0.15) is 0 Å². The standard InChI is InChI=1S/C14H26N2O3/c1-5-6-14(12(18)19)7-8-16(9-14)11(17)10(15)13(2,3)4/h10H,5-9,15H2,1-4H3,(H,18,19)/t10-,14?/m0/s1. The minimum absolute atomic E-state index is 0.133. The van der Waals surface area contributed by atoms with Crippen LogP contribution in [-0.4, -0.2) is 41.0 Å². The average Bonchev–Trinajstić information content (AvgIpc) is 2.72. The molecule has 1 rings (SSSR count). The van der Waals surface area contributed by atoms with Gasteiger partial charge in [0.25, 0.3) is 0 Å². The summed E-state index contributed by atoms with van der Waals surface area (Å²) in [5.74, 6) is -0.930. The summed E-state index contributed by atoms with van der Waals surface area (Å²) >= 11 is 0. The van der Waals surface area contributed by atoms with Crippen LogP contribution in [0.3, 0.4) is 0 Å². The van der Waals surface area contributed by atoms with E-state index in [0.29, 0.717) is 25.9 Å². The summed E-state index contributed by atoms with van der Waals surface area (Å²) in [6.45, 7) is 8.51. The average molecular weight is 270 g/mol. The zero-order valence-corrected chi connectivity index (χ0v) is 12.4. The van der Waals surface area contributed by atoms with Gasteiger partial charge in [0.2, 0.25) is 5.91 Å². The van der Waals surface area contributed by atoms with Crippen LogP contribution in [0.25, 0.3) is 0 Å². The summed E-state index contributed by atoms with van der Waals surface area (Å²) in [7, 11) is 0. The third-order valence-electron chi connectivity index (χ3n) is 4.05. The summed E-state index contributed by atoms with van der Waals surface area (Å²) in [5.41, 5.74) is 4.89. The van der Waals surface area contributed by atoms with E-state index in [1.165, 1.54) is 0 Å². The first-order chi connectivity index (χ1) is 8.64. The molecule has 0 aliphatic carbocycles. The maximum absolute atomic E-state index is 12.3. The minimum Gasteiger partial charge on any atom is -0.481 e. The maximum Gasteiger partial charge on any atom is 0.311 e. The normalized spacial score (nSPS) is 25.4. The van der Waals surface area contributed by atoms with Gasteiger partial charge in [-0.1, -0.05) is 34.1 Å². The maximum atomic E-state index is 12.3. The number of carboxylic acids is 1. The van der Waals surface area contributed by atoms with Gasteiger partial charge in [0.1, 0.15) is 0 Å². The van der Waals surface area contributed by atoms with Gasteiger partial charge in [-0.3, -0.25) is 9.59 Å². The van der Waals surface area contributed by atoms with E-state index < -0.39 is 17.4 Å². The molecule has 0 bridgehead atoms. The first-order valence-corrected chi connectivity index (χ1v) is 6.92. The largest absolute Gasteiger partial charge is 0.481 e. The highest BCUT2D eigenvalue weighted by Gasteiger charge is 2.46. The summed E-state index contributed by atoms with van der Waals surface area (Å²) in [4.78, 5) is 25.4. The van der Waals surface area contributed by atoms with E-state index in [-0.39, 0.29) is 11.3 Å². The highest BCUT2D eigenvalue weighted by atomic mass is 16.4. The summed E-state index contributed by atoms with van der Waals surface area (Å²) < 4.78 is 0. The van der Waals surface area contributed by atoms with Crippen LogP contribution in [0.1, 0.15) is 47.0 Å². The fraction of sp³-hybridized carbons (Fsp3) is 0.857. The lowest BCUT2D eigenvalue weighted by atomic mass is 9.82. The van der Waals surface area contributed by atoms with Gasteiger partial charge in [-0.25, -0.2) is 0 Å². The molecule has 1 heterocycles. The number of nitrogens with zero attached hydrogens (tertiary/aromatic N) is 1. The molecule has 0 radical (unpaired) electrons. The fourth-order valence-corrected chi connectivity index (χ4v) is 2.59. The van der Waals surface area contributed by atoms with Gasteiger partial charge >= 0.3 is 5.97 Å². The summed E-state index contributed by atoms with van der Waals surface area (Å²) in [6, 6.07) is -0.585. The first kappa shape index (κ1) is 16.0. The molecule has 2 atom stereocenters. The third-order valence-corrected chi connectivity index (χ3v) is 4.05. The number of nitrogens with two attached hydrogens (primary N) is 1. The Hall–Kier alpha value is -1.10. The second-order valence-corrected chi connectivity index (χ2v) is 6.69. The van der Waals surface area contributed by atoms with Crippen molar-refractivity contribution in [3.05, 3.63) is 0 Å². The fourth-order valence-electron chi connectivity index (χ4n) is 2.59. The van der Waals surface area contributed by atoms with Gasteiger partial charge in [0, 0.05) is 13.1 Å². The molecule has 0 aromatic rings. The number of carboxylic acid groups (broad SMARTS) is 1. The Morgan fingerprint density at radius 1 is 1.42 bits per heavy atom. The van der Waals surface area contributed by atoms with Crippen LogP contribution in [0.5, 0.6) is 0 Å². The molecule has 1 amide bonds. The third kappa shape index (κ3) is 3.26. The van der Waals surface area contributed by atoms with Gasteiger partial charge in [-0.05, 0) is 18.3 Å². The lowest BCUT2D eigenvalue weighted by Gasteiger charge is -2.31. The monoisotopic (exact) mass is 270 g/mol. The van der Waals surface area contributed by atoms with E-state index in [1.54, 1.807) is 4.90 Å². The molecule has 1 aliphatic rings. The number of carbonyl (C=O) groups excluding carboxylic acids is 1. The highest BCUT2D eigenvalue weighted by molar-refractivity contribution is 5.84. The van der Waals surface area contributed by atoms with Gasteiger partial charge in [0.05, 0.1) is 11.5 Å². The van der Waals surface area contributed by atoms with Crippen LogP contribution in [-0.2, 0) is 9.59 Å². The number of amides is 1. The van der Waals surface area contributed by atoms with Crippen LogP contribution in [0, 0.1) is 10.8 Å². The molecule has 0 spiro atoms. The van der Waals surface area contributed by atoms with Crippen molar-refractivity contribution in [2.75, 3.05) is 13.1 Å². The van der Waals surface area contributed by atoms with Crippen LogP contribution >= 0.6 is 0 Å². The lowest BCUT2D eigenvalue weighted by Crippen LogP contribution is -2.50. The van der Waals surface area contributed by atoms with E-state index in [2.05, 4.69) is 0 Å². The Labute approximate surface area is 115 Å². The smallest absolute Gasteiger partial charge is 0.311 e. The van der Waals surface area contributed by atoms with Crippen LogP contribution in [0.2, 0.25) is 0 Å². The SMILES string of the molecule is CCCC1(C(=O)O)CCN(C(=O)[C@H](N)C(C)(C)C)C1. The van der Waals surface area contributed by atoms with Crippen LogP contribution < -0.4 is 5.73 Å². The lowest BCUT2D eigenvalue weighted by molar-refractivity contribution is -0.149. The zero-order chi connectivity index (χ0) is 14.8. The van der Waals surface area contributed by atoms with E-state index in [0.717, 1.165) is 6.42 Å². The Morgan fingerprint density at radius 2 is 2.00 bits per heavy atom. The van der Waals surface area contributed by atoms with Crippen molar-refractivity contribution in [2.45, 2.75) is 53.0 Å². The predicted molar refractivity (Wildman–Crippen MR) is 73.6 cm³/mol. The second-order valence-electron chi connectivity index (χ2n) is 6.69. The number of likely N-dealkylation sites (tertiary alicyclic amines) is 1. The van der Waals surface area contributed by atoms with Gasteiger partial charge < -0.3 is 15.7 Å². The van der Waals surface area contributed by atoms with Gasteiger partial charge in [-0.15, -0.1) is 0 Å². The van der Waals surface area contributed by atoms with Crippen LogP contribution in [0.15, 0.2) is 0 Å². The number of hydrogen-bond donors (Lipinski definition) is 2. The van der Waals surface area contributed by atoms with Crippen LogP contribution in [0.4, 0.5) is 0 Å². The summed E-state index contributed by atoms with van der Waals surface area (Å²) in [6.07, 6.45) is 1.94. The molecule has 0 aromatic heterocycles. The van der Waals surface area contributed by atoms with E-state index in [1.807, 2.05) is 27.7 Å². The Kier molecular flexibility index (Phi) is 4.61. The van der Waals surface area contributed by atoms with Crippen molar-refractivity contribution >= 4 is 11.9 Å². The van der Waals surface area contributed by atoms with Crippen molar-refractivity contribution in [2.24, 2.45) is 16.6 Å². The first-order valence-electron chi connectivity index (χ1n) is 6.92. The van der Waals surface area contributed by atoms with Crippen molar-refractivity contribution < 1.29 is 14.7 Å². The molecule has 110 valence electrons. The molecular weight excluding hydrogens is 244 g/mol. The van der Waals surface area contributed by atoms with E-state index in [9.17, 15) is 14.7 Å². The second kappa shape index (κ2) is 5.49. The molecule has 0 saturated carbocycles. The Morgan fingerprint density at radius 3 is 2.42 bits per heavy atom. The van der Waals surface area contributed by atoms with Gasteiger partial charge in [0.15, 0.2) is 0 Å². The molecule has 1 saturated heterocycles. The molecule has 1 fully saturated rings. The van der Waals surface area contributed by atoms with Crippen molar-refractivity contribution in [3.63, 3.8) is 0 Å². The minimum atomic E-state index is -0.797.